The van der Waals surface area contributed by atoms with Crippen molar-refractivity contribution in [2.75, 3.05) is 31.2 Å². The van der Waals surface area contributed by atoms with Gasteiger partial charge in [-0.1, -0.05) is 12.1 Å². The Balaban J connectivity index is 1.71. The summed E-state index contributed by atoms with van der Waals surface area (Å²) >= 11 is 0. The fraction of sp³-hybridized carbons (Fsp3) is 0.471. The summed E-state index contributed by atoms with van der Waals surface area (Å²) < 4.78 is 10.7. The van der Waals surface area contributed by atoms with Crippen molar-refractivity contribution < 1.29 is 29.0 Å². The minimum Gasteiger partial charge on any atom is -0.480 e. The van der Waals surface area contributed by atoms with Gasteiger partial charge in [-0.3, -0.25) is 9.59 Å². The van der Waals surface area contributed by atoms with Crippen molar-refractivity contribution in [3.8, 4) is 5.75 Å². The third-order valence-electron chi connectivity index (χ3n) is 4.36. The zero-order valence-electron chi connectivity index (χ0n) is 13.9. The lowest BCUT2D eigenvalue weighted by Gasteiger charge is -2.35. The normalized spacial score (nSPS) is 23.0. The third kappa shape index (κ3) is 3.43. The minimum absolute atomic E-state index is 0.0164. The lowest BCUT2D eigenvalue weighted by atomic mass is 10.1. The molecule has 0 aliphatic carbocycles. The van der Waals surface area contributed by atoms with Gasteiger partial charge in [0.2, 0.25) is 5.91 Å². The minimum atomic E-state index is -1.09. The maximum absolute atomic E-state index is 12.5. The molecule has 134 valence electrons. The van der Waals surface area contributed by atoms with E-state index in [1.165, 1.54) is 9.80 Å². The quantitative estimate of drug-likeness (QED) is 0.851. The number of benzene rings is 1. The lowest BCUT2D eigenvalue weighted by Crippen LogP contribution is -2.53. The summed E-state index contributed by atoms with van der Waals surface area (Å²) in [4.78, 5) is 39.0. The van der Waals surface area contributed by atoms with E-state index in [4.69, 9.17) is 9.47 Å². The van der Waals surface area contributed by atoms with Crippen molar-refractivity contribution in [1.29, 1.82) is 0 Å². The highest BCUT2D eigenvalue weighted by molar-refractivity contribution is 6.00. The number of carbonyl (C=O) groups excluding carboxylic acids is 2. The molecule has 2 unspecified atom stereocenters. The molecule has 2 aliphatic heterocycles. The second-order valence-electron chi connectivity index (χ2n) is 5.98. The van der Waals surface area contributed by atoms with Crippen LogP contribution in [-0.4, -0.2) is 66.2 Å². The Hall–Kier alpha value is -2.61. The summed E-state index contributed by atoms with van der Waals surface area (Å²) in [5.41, 5.74) is 0.621. The van der Waals surface area contributed by atoms with Crippen LogP contribution in [0, 0.1) is 0 Å². The van der Waals surface area contributed by atoms with Gasteiger partial charge in [0.15, 0.2) is 12.1 Å². The molecule has 0 radical (unpaired) electrons. The Labute approximate surface area is 144 Å². The number of carboxylic acids is 1. The first kappa shape index (κ1) is 17.2. The van der Waals surface area contributed by atoms with Crippen LogP contribution < -0.4 is 9.64 Å². The zero-order chi connectivity index (χ0) is 18.0. The number of hydrogen-bond donors (Lipinski definition) is 1. The fourth-order valence-electron chi connectivity index (χ4n) is 3.05. The Morgan fingerprint density at radius 2 is 2.08 bits per heavy atom. The predicted octanol–water partition coefficient (Wildman–Crippen LogP) is 0.503. The number of para-hydroxylation sites is 2. The van der Waals surface area contributed by atoms with Crippen LogP contribution in [0.3, 0.4) is 0 Å². The van der Waals surface area contributed by atoms with Gasteiger partial charge in [0.25, 0.3) is 5.91 Å². The monoisotopic (exact) mass is 348 g/mol. The van der Waals surface area contributed by atoms with Gasteiger partial charge in [0.05, 0.1) is 18.9 Å². The summed E-state index contributed by atoms with van der Waals surface area (Å²) in [7, 11) is 0. The first-order valence-corrected chi connectivity index (χ1v) is 8.16. The molecule has 0 bridgehead atoms. The first-order valence-electron chi connectivity index (χ1n) is 8.16. The number of carboxylic acid groups (broad SMARTS) is 1. The number of carbonyl (C=O) groups is 3. The molecule has 8 nitrogen and oxygen atoms in total. The van der Waals surface area contributed by atoms with Crippen molar-refractivity contribution >= 4 is 23.5 Å². The Kier molecular flexibility index (Phi) is 4.89. The molecule has 8 heteroatoms. The van der Waals surface area contributed by atoms with Crippen molar-refractivity contribution in [3.05, 3.63) is 24.3 Å². The van der Waals surface area contributed by atoms with E-state index in [1.54, 1.807) is 25.1 Å². The number of amides is 2. The van der Waals surface area contributed by atoms with Gasteiger partial charge < -0.3 is 24.4 Å². The first-order chi connectivity index (χ1) is 12.0. The summed E-state index contributed by atoms with van der Waals surface area (Å²) in [6, 6.07) is 6.17. The number of hydrogen-bond acceptors (Lipinski definition) is 5. The van der Waals surface area contributed by atoms with Crippen LogP contribution in [0.1, 0.15) is 13.3 Å². The van der Waals surface area contributed by atoms with Crippen molar-refractivity contribution in [3.63, 3.8) is 0 Å². The highest BCUT2D eigenvalue weighted by Crippen LogP contribution is 2.33. The molecule has 1 aromatic carbocycles. The maximum atomic E-state index is 12.5. The Morgan fingerprint density at radius 3 is 2.84 bits per heavy atom. The van der Waals surface area contributed by atoms with Gasteiger partial charge in [-0.15, -0.1) is 0 Å². The maximum Gasteiger partial charge on any atom is 0.328 e. The zero-order valence-corrected chi connectivity index (χ0v) is 13.9. The molecule has 0 saturated carbocycles. The number of nitrogens with zero attached hydrogens (tertiary/aromatic N) is 2. The number of aliphatic carboxylic acids is 1. The molecular weight excluding hydrogens is 328 g/mol. The van der Waals surface area contributed by atoms with Gasteiger partial charge in [-0.2, -0.15) is 0 Å². The second kappa shape index (κ2) is 7.10. The molecule has 1 fully saturated rings. The summed E-state index contributed by atoms with van der Waals surface area (Å²) in [5, 5.41) is 9.23. The number of anilines is 1. The van der Waals surface area contributed by atoms with Crippen molar-refractivity contribution in [2.24, 2.45) is 0 Å². The van der Waals surface area contributed by atoms with E-state index in [0.29, 0.717) is 18.0 Å². The molecule has 2 atom stereocenters. The van der Waals surface area contributed by atoms with Crippen LogP contribution >= 0.6 is 0 Å². The molecule has 25 heavy (non-hydrogen) atoms. The van der Waals surface area contributed by atoms with Gasteiger partial charge in [0, 0.05) is 19.5 Å². The molecule has 1 N–H and O–H groups in total. The topological polar surface area (TPSA) is 96.4 Å². The van der Waals surface area contributed by atoms with Crippen molar-refractivity contribution in [1.82, 2.24) is 4.90 Å². The molecule has 1 saturated heterocycles. The van der Waals surface area contributed by atoms with E-state index >= 15 is 0 Å². The Morgan fingerprint density at radius 1 is 1.32 bits per heavy atom. The summed E-state index contributed by atoms with van der Waals surface area (Å²) in [5.74, 6) is -1.02. The van der Waals surface area contributed by atoms with Crippen LogP contribution in [0.15, 0.2) is 24.3 Å². The average Bonchev–Trinajstić information content (AvgIpc) is 2.62. The molecule has 2 aliphatic rings. The Bertz CT molecular complexity index is 691. The SMILES string of the molecule is CC1Oc2ccccc2N(CCC(=O)N2CCOCC2C(=O)O)C1=O. The van der Waals surface area contributed by atoms with Crippen LogP contribution in [0.4, 0.5) is 5.69 Å². The van der Waals surface area contributed by atoms with Gasteiger partial charge in [-0.05, 0) is 19.1 Å². The highest BCUT2D eigenvalue weighted by atomic mass is 16.5. The van der Waals surface area contributed by atoms with Gasteiger partial charge in [-0.25, -0.2) is 4.79 Å². The number of fused-ring (bicyclic) bond motifs is 1. The van der Waals surface area contributed by atoms with Crippen LogP contribution in [-0.2, 0) is 19.1 Å². The van der Waals surface area contributed by atoms with E-state index in [9.17, 15) is 19.5 Å². The third-order valence-corrected chi connectivity index (χ3v) is 4.36. The van der Waals surface area contributed by atoms with Gasteiger partial charge in [0.1, 0.15) is 5.75 Å². The standard InChI is InChI=1S/C17H20N2O6/c1-11-16(21)19(12-4-2-3-5-14(12)25-11)7-6-15(20)18-8-9-24-10-13(18)17(22)23/h2-5,11,13H,6-10H2,1H3,(H,22,23). The molecular formula is C17H20N2O6. The molecule has 3 rings (SSSR count). The van der Waals surface area contributed by atoms with Crippen LogP contribution in [0.2, 0.25) is 0 Å². The van der Waals surface area contributed by atoms with E-state index in [2.05, 4.69) is 0 Å². The number of ether oxygens (including phenoxy) is 2. The largest absolute Gasteiger partial charge is 0.480 e. The summed E-state index contributed by atoms with van der Waals surface area (Å²) in [6.45, 7) is 2.37. The van der Waals surface area contributed by atoms with E-state index < -0.39 is 18.1 Å². The highest BCUT2D eigenvalue weighted by Gasteiger charge is 2.35. The molecule has 1 aromatic rings. The average molecular weight is 348 g/mol. The molecule has 2 amide bonds. The molecule has 0 spiro atoms. The summed E-state index contributed by atoms with van der Waals surface area (Å²) in [6.07, 6.45) is -0.587. The second-order valence-corrected chi connectivity index (χ2v) is 5.98. The van der Waals surface area contributed by atoms with E-state index in [1.807, 2.05) is 6.07 Å². The molecule has 2 heterocycles. The number of morpholine rings is 1. The fourth-order valence-corrected chi connectivity index (χ4v) is 3.05. The van der Waals surface area contributed by atoms with Crippen molar-refractivity contribution in [2.45, 2.75) is 25.5 Å². The smallest absolute Gasteiger partial charge is 0.328 e. The predicted molar refractivity (Wildman–Crippen MR) is 87.5 cm³/mol. The number of rotatable bonds is 4. The lowest BCUT2D eigenvalue weighted by molar-refractivity contribution is -0.158. The van der Waals surface area contributed by atoms with Gasteiger partial charge >= 0.3 is 5.97 Å². The van der Waals surface area contributed by atoms with E-state index in [0.717, 1.165) is 0 Å². The van der Waals surface area contributed by atoms with E-state index in [-0.39, 0.29) is 37.9 Å². The van der Waals surface area contributed by atoms with Crippen LogP contribution in [0.5, 0.6) is 5.75 Å². The molecule has 0 aromatic heterocycles. The van der Waals surface area contributed by atoms with Crippen LogP contribution in [0.25, 0.3) is 0 Å².